The molecule has 20 heavy (non-hydrogen) atoms. The fourth-order valence-electron chi connectivity index (χ4n) is 3.12. The van der Waals surface area contributed by atoms with Crippen molar-refractivity contribution < 1.29 is 9.53 Å². The molecular weight excluding hydrogens is 250 g/mol. The van der Waals surface area contributed by atoms with Gasteiger partial charge in [0.15, 0.2) is 0 Å². The number of carbonyl (C=O) groups is 1. The van der Waals surface area contributed by atoms with Crippen molar-refractivity contribution in [1.29, 1.82) is 0 Å². The summed E-state index contributed by atoms with van der Waals surface area (Å²) < 4.78 is 4.81. The van der Waals surface area contributed by atoms with Gasteiger partial charge < -0.3 is 4.74 Å². The number of rotatable bonds is 3. The summed E-state index contributed by atoms with van der Waals surface area (Å²) in [7, 11) is 1.40. The van der Waals surface area contributed by atoms with Crippen molar-refractivity contribution >= 4 is 16.7 Å². The number of hydrogen-bond acceptors (Lipinski definition) is 3. The molecule has 3 heteroatoms. The lowest BCUT2D eigenvalue weighted by Gasteiger charge is -2.12. The monoisotopic (exact) mass is 269 g/mol. The van der Waals surface area contributed by atoms with Crippen molar-refractivity contribution in [2.24, 2.45) is 5.92 Å². The van der Waals surface area contributed by atoms with Gasteiger partial charge in [0.25, 0.3) is 0 Å². The maximum atomic E-state index is 11.8. The van der Waals surface area contributed by atoms with Crippen molar-refractivity contribution in [3.8, 4) is 0 Å². The van der Waals surface area contributed by atoms with Crippen molar-refractivity contribution in [3.05, 3.63) is 41.7 Å². The Morgan fingerprint density at radius 3 is 2.80 bits per heavy atom. The number of ether oxygens (including phenoxy) is 1. The molecule has 0 amide bonds. The van der Waals surface area contributed by atoms with Gasteiger partial charge in [-0.05, 0) is 23.8 Å². The van der Waals surface area contributed by atoms with Gasteiger partial charge in [-0.1, -0.05) is 49.9 Å². The molecule has 0 atom stereocenters. The minimum Gasteiger partial charge on any atom is -0.464 e. The van der Waals surface area contributed by atoms with E-state index < -0.39 is 0 Å². The molecule has 1 aliphatic carbocycles. The Morgan fingerprint density at radius 1 is 1.30 bits per heavy atom. The van der Waals surface area contributed by atoms with Gasteiger partial charge in [-0.25, -0.2) is 9.78 Å². The summed E-state index contributed by atoms with van der Waals surface area (Å²) in [5.41, 5.74) is 1.45. The van der Waals surface area contributed by atoms with Crippen molar-refractivity contribution in [3.63, 3.8) is 0 Å². The van der Waals surface area contributed by atoms with Gasteiger partial charge in [-0.3, -0.25) is 0 Å². The number of methoxy groups -OCH3 is 1. The van der Waals surface area contributed by atoms with E-state index in [0.717, 1.165) is 22.9 Å². The molecule has 1 fully saturated rings. The number of hydrogen-bond donors (Lipinski definition) is 0. The van der Waals surface area contributed by atoms with E-state index in [4.69, 9.17) is 4.74 Å². The second kappa shape index (κ2) is 5.61. The zero-order valence-corrected chi connectivity index (χ0v) is 11.8. The van der Waals surface area contributed by atoms with Crippen LogP contribution in [0.4, 0.5) is 0 Å². The predicted octanol–water partition coefficient (Wildman–Crippen LogP) is 3.75. The molecule has 104 valence electrons. The first-order valence-electron chi connectivity index (χ1n) is 7.25. The zero-order chi connectivity index (χ0) is 13.9. The molecule has 3 nitrogen and oxygen atoms in total. The molecule has 1 saturated carbocycles. The van der Waals surface area contributed by atoms with Gasteiger partial charge in [0, 0.05) is 11.1 Å². The van der Waals surface area contributed by atoms with Crippen LogP contribution in [0.15, 0.2) is 30.3 Å². The second-order valence-electron chi connectivity index (χ2n) is 5.52. The summed E-state index contributed by atoms with van der Waals surface area (Å²) in [5.74, 6) is 0.349. The molecule has 2 aromatic rings. The van der Waals surface area contributed by atoms with Crippen molar-refractivity contribution in [2.45, 2.75) is 32.1 Å². The van der Waals surface area contributed by atoms with Gasteiger partial charge in [-0.2, -0.15) is 0 Å². The Labute approximate surface area is 119 Å². The Kier molecular flexibility index (Phi) is 3.68. The van der Waals surface area contributed by atoms with E-state index in [-0.39, 0.29) is 5.97 Å². The normalized spacial score (nSPS) is 15.7. The molecule has 0 saturated heterocycles. The highest BCUT2D eigenvalue weighted by Crippen LogP contribution is 2.30. The van der Waals surface area contributed by atoms with Gasteiger partial charge >= 0.3 is 5.97 Å². The Morgan fingerprint density at radius 2 is 2.05 bits per heavy atom. The van der Waals surface area contributed by atoms with Crippen LogP contribution in [0.1, 0.15) is 41.9 Å². The lowest BCUT2D eigenvalue weighted by atomic mass is 9.97. The highest BCUT2D eigenvalue weighted by atomic mass is 16.5. The van der Waals surface area contributed by atoms with E-state index >= 15 is 0 Å². The molecule has 1 aliphatic rings. The number of nitrogens with zero attached hydrogens (tertiary/aromatic N) is 1. The fourth-order valence-corrected chi connectivity index (χ4v) is 3.12. The highest BCUT2D eigenvalue weighted by molar-refractivity contribution is 5.94. The number of pyridine rings is 1. The van der Waals surface area contributed by atoms with Crippen LogP contribution in [0.3, 0.4) is 0 Å². The van der Waals surface area contributed by atoms with Gasteiger partial charge in [0.05, 0.1) is 7.11 Å². The highest BCUT2D eigenvalue weighted by Gasteiger charge is 2.19. The van der Waals surface area contributed by atoms with Crippen LogP contribution in [0.2, 0.25) is 0 Å². The molecule has 1 heterocycles. The SMILES string of the molecule is COC(=O)c1cc2ccccc2c(CC2CCCC2)n1. The smallest absolute Gasteiger partial charge is 0.356 e. The van der Waals surface area contributed by atoms with Crippen LogP contribution >= 0.6 is 0 Å². The summed E-state index contributed by atoms with van der Waals surface area (Å²) in [4.78, 5) is 16.3. The van der Waals surface area contributed by atoms with E-state index in [1.807, 2.05) is 24.3 Å². The number of fused-ring (bicyclic) bond motifs is 1. The maximum Gasteiger partial charge on any atom is 0.356 e. The number of carbonyl (C=O) groups excluding carboxylic acids is 1. The van der Waals surface area contributed by atoms with E-state index in [0.29, 0.717) is 11.6 Å². The Hall–Kier alpha value is -1.90. The van der Waals surface area contributed by atoms with E-state index in [1.54, 1.807) is 0 Å². The number of esters is 1. The first-order chi connectivity index (χ1) is 9.78. The van der Waals surface area contributed by atoms with Gasteiger partial charge in [0.2, 0.25) is 0 Å². The van der Waals surface area contributed by atoms with Gasteiger partial charge in [0.1, 0.15) is 5.69 Å². The Bertz CT molecular complexity index is 630. The lowest BCUT2D eigenvalue weighted by Crippen LogP contribution is -2.09. The quantitative estimate of drug-likeness (QED) is 0.796. The summed E-state index contributed by atoms with van der Waals surface area (Å²) in [6, 6.07) is 9.96. The van der Waals surface area contributed by atoms with Crippen molar-refractivity contribution in [2.75, 3.05) is 7.11 Å². The minimum absolute atomic E-state index is 0.358. The number of aromatic nitrogens is 1. The topological polar surface area (TPSA) is 39.2 Å². The van der Waals surface area contributed by atoms with Crippen LogP contribution in [-0.4, -0.2) is 18.1 Å². The third kappa shape index (κ3) is 2.53. The summed E-state index contributed by atoms with van der Waals surface area (Å²) in [5, 5.41) is 2.22. The first-order valence-corrected chi connectivity index (χ1v) is 7.25. The van der Waals surface area contributed by atoms with Crippen LogP contribution in [0.25, 0.3) is 10.8 Å². The van der Waals surface area contributed by atoms with Crippen LogP contribution < -0.4 is 0 Å². The van der Waals surface area contributed by atoms with E-state index in [1.165, 1.54) is 32.8 Å². The maximum absolute atomic E-state index is 11.8. The molecule has 3 rings (SSSR count). The predicted molar refractivity (Wildman–Crippen MR) is 78.7 cm³/mol. The average Bonchev–Trinajstić information content (AvgIpc) is 2.99. The molecule has 0 radical (unpaired) electrons. The molecule has 0 N–H and O–H groups in total. The fraction of sp³-hybridized carbons (Fsp3) is 0.412. The molecule has 1 aromatic carbocycles. The molecule has 1 aromatic heterocycles. The summed E-state index contributed by atoms with van der Waals surface area (Å²) in [6.45, 7) is 0. The Balaban J connectivity index is 2.04. The second-order valence-corrected chi connectivity index (χ2v) is 5.52. The molecule has 0 bridgehead atoms. The molecular formula is C17H19NO2. The lowest BCUT2D eigenvalue weighted by molar-refractivity contribution is 0.0594. The standard InChI is InChI=1S/C17H19NO2/c1-20-17(19)16-11-13-8-4-5-9-14(13)15(18-16)10-12-6-2-3-7-12/h4-5,8-9,11-12H,2-3,6-7,10H2,1H3. The number of benzene rings is 1. The average molecular weight is 269 g/mol. The van der Waals surface area contributed by atoms with Crippen LogP contribution in [-0.2, 0) is 11.2 Å². The molecule has 0 unspecified atom stereocenters. The van der Waals surface area contributed by atoms with E-state index in [9.17, 15) is 4.79 Å². The third-order valence-electron chi connectivity index (χ3n) is 4.17. The zero-order valence-electron chi connectivity index (χ0n) is 11.8. The van der Waals surface area contributed by atoms with Gasteiger partial charge in [-0.15, -0.1) is 0 Å². The minimum atomic E-state index is -0.358. The van der Waals surface area contributed by atoms with Crippen LogP contribution in [0, 0.1) is 5.92 Å². The largest absolute Gasteiger partial charge is 0.464 e. The molecule has 0 aliphatic heterocycles. The summed E-state index contributed by atoms with van der Waals surface area (Å²) >= 11 is 0. The third-order valence-corrected chi connectivity index (χ3v) is 4.17. The first kappa shape index (κ1) is 13.1. The van der Waals surface area contributed by atoms with Crippen molar-refractivity contribution in [1.82, 2.24) is 4.98 Å². The summed E-state index contributed by atoms with van der Waals surface area (Å²) in [6.07, 6.45) is 6.15. The van der Waals surface area contributed by atoms with E-state index in [2.05, 4.69) is 11.1 Å². The molecule has 0 spiro atoms. The van der Waals surface area contributed by atoms with Crippen LogP contribution in [0.5, 0.6) is 0 Å².